The Balaban J connectivity index is 2.76. The van der Waals surface area contributed by atoms with Crippen molar-refractivity contribution >= 4 is 24.6 Å². The molecule has 1 aromatic carbocycles. The van der Waals surface area contributed by atoms with Gasteiger partial charge in [-0.2, -0.15) is 0 Å². The Morgan fingerprint density at radius 2 is 2.13 bits per heavy atom. The summed E-state index contributed by atoms with van der Waals surface area (Å²) < 4.78 is 4.16. The molecule has 0 N–H and O–H groups in total. The molecule has 5 nitrogen and oxygen atoms in total. The molecule has 15 heavy (non-hydrogen) atoms. The minimum absolute atomic E-state index is 0.0180. The number of rotatable bonds is 4. The van der Waals surface area contributed by atoms with Gasteiger partial charge >= 0.3 is 5.97 Å². The highest BCUT2D eigenvalue weighted by atomic mass is 32.1. The third-order valence-corrected chi connectivity index (χ3v) is 2.09. The number of aryl methyl sites for hydroxylation is 1. The number of carbonyl (C=O) groups excluding carboxylic acids is 1. The molecule has 0 saturated heterocycles. The normalized spacial score (nSPS) is 9.67. The Hall–Kier alpha value is -1.56. The van der Waals surface area contributed by atoms with Crippen LogP contribution < -0.4 is 0 Å². The maximum absolute atomic E-state index is 10.8. The molecule has 0 aliphatic rings. The van der Waals surface area contributed by atoms with Gasteiger partial charge < -0.3 is 4.18 Å². The summed E-state index contributed by atoms with van der Waals surface area (Å²) in [5.74, 6) is -0.503. The van der Waals surface area contributed by atoms with Gasteiger partial charge in [-0.25, -0.2) is 0 Å². The monoisotopic (exact) mass is 227 g/mol. The molecule has 0 amide bonds. The summed E-state index contributed by atoms with van der Waals surface area (Å²) in [4.78, 5) is 20.9. The molecular formula is C9H9NO4S. The summed E-state index contributed by atoms with van der Waals surface area (Å²) in [6.07, 6.45) is 0.352. The fourth-order valence-electron chi connectivity index (χ4n) is 1.18. The van der Waals surface area contributed by atoms with Crippen LogP contribution in [0.4, 0.5) is 5.69 Å². The van der Waals surface area contributed by atoms with Crippen molar-refractivity contribution in [3.8, 4) is 0 Å². The Morgan fingerprint density at radius 1 is 1.47 bits per heavy atom. The Bertz CT molecular complexity index is 380. The van der Waals surface area contributed by atoms with Crippen molar-refractivity contribution in [2.24, 2.45) is 0 Å². The molecule has 1 aromatic rings. The van der Waals surface area contributed by atoms with Crippen LogP contribution in [0.3, 0.4) is 0 Å². The van der Waals surface area contributed by atoms with E-state index in [1.807, 2.05) is 0 Å². The van der Waals surface area contributed by atoms with Crippen LogP contribution in [-0.2, 0) is 15.4 Å². The number of nitro groups is 1. The third-order valence-electron chi connectivity index (χ3n) is 1.89. The Labute approximate surface area is 91.8 Å². The number of nitro benzene ring substituents is 1. The molecule has 0 aliphatic carbocycles. The number of benzene rings is 1. The van der Waals surface area contributed by atoms with Crippen molar-refractivity contribution in [3.63, 3.8) is 0 Å². The van der Waals surface area contributed by atoms with E-state index in [0.717, 1.165) is 0 Å². The van der Waals surface area contributed by atoms with Gasteiger partial charge in [-0.3, -0.25) is 14.9 Å². The minimum Gasteiger partial charge on any atom is -0.395 e. The lowest BCUT2D eigenvalue weighted by molar-refractivity contribution is -0.385. The quantitative estimate of drug-likeness (QED) is 0.369. The molecule has 0 unspecified atom stereocenters. The van der Waals surface area contributed by atoms with Crippen LogP contribution >= 0.6 is 12.9 Å². The third kappa shape index (κ3) is 3.25. The molecule has 0 radical (unpaired) electrons. The second kappa shape index (κ2) is 5.35. The Morgan fingerprint density at radius 3 is 2.73 bits per heavy atom. The average molecular weight is 227 g/mol. The van der Waals surface area contributed by atoms with Crippen molar-refractivity contribution in [2.75, 3.05) is 0 Å². The van der Waals surface area contributed by atoms with Gasteiger partial charge in [-0.1, -0.05) is 18.2 Å². The summed E-state index contributed by atoms with van der Waals surface area (Å²) in [5, 5.41) is 10.6. The van der Waals surface area contributed by atoms with Crippen molar-refractivity contribution in [3.05, 3.63) is 39.9 Å². The second-order valence-electron chi connectivity index (χ2n) is 2.85. The highest BCUT2D eigenvalue weighted by Gasteiger charge is 2.13. The van der Waals surface area contributed by atoms with Gasteiger partial charge in [-0.15, -0.1) is 0 Å². The van der Waals surface area contributed by atoms with E-state index >= 15 is 0 Å². The summed E-state index contributed by atoms with van der Waals surface area (Å²) in [7, 11) is 0. The van der Waals surface area contributed by atoms with Crippen LogP contribution in [0.25, 0.3) is 0 Å². The van der Waals surface area contributed by atoms with Gasteiger partial charge in [0.2, 0.25) is 0 Å². The standard InChI is InChI=1S/C9H9NO4S/c11-9(14-15)6-5-7-3-1-2-4-8(7)10(12)13/h1-4,15H,5-6H2. The summed E-state index contributed by atoms with van der Waals surface area (Å²) >= 11 is 3.35. The molecule has 0 aliphatic heterocycles. The first-order valence-electron chi connectivity index (χ1n) is 4.21. The minimum atomic E-state index is -0.503. The van der Waals surface area contributed by atoms with Crippen LogP contribution in [0.2, 0.25) is 0 Å². The number of hydrogen-bond donors (Lipinski definition) is 1. The van der Waals surface area contributed by atoms with Crippen LogP contribution in [0.15, 0.2) is 24.3 Å². The zero-order valence-electron chi connectivity index (χ0n) is 7.75. The number of hydrogen-bond acceptors (Lipinski definition) is 5. The number of thiol groups is 1. The lowest BCUT2D eigenvalue weighted by Crippen LogP contribution is -2.01. The topological polar surface area (TPSA) is 69.4 Å². The van der Waals surface area contributed by atoms with Crippen molar-refractivity contribution in [1.29, 1.82) is 0 Å². The predicted molar refractivity (Wildman–Crippen MR) is 56.5 cm³/mol. The largest absolute Gasteiger partial charge is 0.395 e. The molecular weight excluding hydrogens is 218 g/mol. The van der Waals surface area contributed by atoms with E-state index in [2.05, 4.69) is 17.1 Å². The first-order valence-corrected chi connectivity index (χ1v) is 4.58. The van der Waals surface area contributed by atoms with Gasteiger partial charge in [-0.05, 0) is 6.42 Å². The molecule has 0 heterocycles. The molecule has 80 valence electrons. The van der Waals surface area contributed by atoms with Crippen molar-refractivity contribution in [2.45, 2.75) is 12.8 Å². The first kappa shape index (κ1) is 11.5. The fraction of sp³-hybridized carbons (Fsp3) is 0.222. The summed E-state index contributed by atoms with van der Waals surface area (Å²) in [5.41, 5.74) is 0.533. The first-order chi connectivity index (χ1) is 7.15. The van der Waals surface area contributed by atoms with Crippen LogP contribution in [0, 0.1) is 10.1 Å². The molecule has 0 fully saturated rings. The van der Waals surface area contributed by atoms with Gasteiger partial charge in [0, 0.05) is 24.5 Å². The highest BCUT2D eigenvalue weighted by molar-refractivity contribution is 7.75. The van der Waals surface area contributed by atoms with Gasteiger partial charge in [0.1, 0.15) is 0 Å². The van der Waals surface area contributed by atoms with Crippen molar-refractivity contribution < 1.29 is 13.9 Å². The summed E-state index contributed by atoms with van der Waals surface area (Å²) in [6.45, 7) is 0. The smallest absolute Gasteiger partial charge is 0.317 e. The number of para-hydroxylation sites is 1. The number of nitrogens with zero attached hydrogens (tertiary/aromatic N) is 1. The zero-order valence-corrected chi connectivity index (χ0v) is 8.65. The van der Waals surface area contributed by atoms with Crippen LogP contribution in [-0.4, -0.2) is 10.9 Å². The maximum Gasteiger partial charge on any atom is 0.317 e. The van der Waals surface area contributed by atoms with E-state index in [0.29, 0.717) is 5.56 Å². The van der Waals surface area contributed by atoms with Crippen molar-refractivity contribution in [1.82, 2.24) is 0 Å². The lowest BCUT2D eigenvalue weighted by atomic mass is 10.1. The summed E-state index contributed by atoms with van der Waals surface area (Å²) in [6, 6.07) is 6.29. The molecule has 1 rings (SSSR count). The second-order valence-corrected chi connectivity index (χ2v) is 3.03. The van der Waals surface area contributed by atoms with E-state index in [1.165, 1.54) is 6.07 Å². The zero-order chi connectivity index (χ0) is 11.3. The number of carbonyl (C=O) groups is 1. The molecule has 0 atom stereocenters. The van der Waals surface area contributed by atoms with E-state index in [1.54, 1.807) is 18.2 Å². The van der Waals surface area contributed by atoms with Crippen LogP contribution in [0.5, 0.6) is 0 Å². The van der Waals surface area contributed by atoms with E-state index in [9.17, 15) is 14.9 Å². The SMILES string of the molecule is O=C(CCc1ccccc1[N+](=O)[O-])OS. The van der Waals surface area contributed by atoms with Gasteiger partial charge in [0.05, 0.1) is 11.3 Å². The fourth-order valence-corrected chi connectivity index (χ4v) is 1.27. The van der Waals surface area contributed by atoms with Gasteiger partial charge in [0.15, 0.2) is 0 Å². The maximum atomic E-state index is 10.8. The molecule has 6 heteroatoms. The molecule has 0 bridgehead atoms. The Kier molecular flexibility index (Phi) is 4.11. The molecule has 0 aromatic heterocycles. The molecule has 0 saturated carbocycles. The molecule has 0 spiro atoms. The lowest BCUT2D eigenvalue weighted by Gasteiger charge is -2.00. The average Bonchev–Trinajstić information content (AvgIpc) is 2.26. The highest BCUT2D eigenvalue weighted by Crippen LogP contribution is 2.19. The van der Waals surface area contributed by atoms with E-state index in [4.69, 9.17) is 0 Å². The predicted octanol–water partition coefficient (Wildman–Crippen LogP) is 1.92. The van der Waals surface area contributed by atoms with Crippen LogP contribution in [0.1, 0.15) is 12.0 Å². The van der Waals surface area contributed by atoms with E-state index < -0.39 is 10.9 Å². The van der Waals surface area contributed by atoms with Gasteiger partial charge in [0.25, 0.3) is 5.69 Å². The van der Waals surface area contributed by atoms with E-state index in [-0.39, 0.29) is 18.5 Å².